The van der Waals surface area contributed by atoms with E-state index in [-0.39, 0.29) is 18.6 Å². The molecular formula is C19H23N5O2S. The van der Waals surface area contributed by atoms with Crippen LogP contribution in [0.2, 0.25) is 0 Å². The molecule has 27 heavy (non-hydrogen) atoms. The second-order valence-electron chi connectivity index (χ2n) is 6.78. The number of nitrogens with zero attached hydrogens (tertiary/aromatic N) is 4. The van der Waals surface area contributed by atoms with E-state index in [1.54, 1.807) is 11.3 Å². The molecule has 1 aliphatic heterocycles. The summed E-state index contributed by atoms with van der Waals surface area (Å²) >= 11 is 1.56. The quantitative estimate of drug-likeness (QED) is 0.706. The van der Waals surface area contributed by atoms with Crippen molar-refractivity contribution < 1.29 is 9.53 Å². The predicted octanol–water partition coefficient (Wildman–Crippen LogP) is 2.52. The van der Waals surface area contributed by atoms with E-state index in [1.165, 1.54) is 0 Å². The van der Waals surface area contributed by atoms with E-state index in [2.05, 4.69) is 10.4 Å². The van der Waals surface area contributed by atoms with Crippen molar-refractivity contribution in [2.75, 3.05) is 31.6 Å². The fraction of sp³-hybridized carbons (Fsp3) is 0.421. The Morgan fingerprint density at radius 3 is 2.96 bits per heavy atom. The van der Waals surface area contributed by atoms with Crippen LogP contribution < -0.4 is 10.2 Å². The van der Waals surface area contributed by atoms with Crippen molar-refractivity contribution in [1.82, 2.24) is 20.1 Å². The molecule has 0 radical (unpaired) electrons. The Kier molecular flexibility index (Phi) is 5.09. The minimum Gasteiger partial charge on any atom is -0.376 e. The number of fused-ring (bicyclic) bond motifs is 1. The van der Waals surface area contributed by atoms with Crippen LogP contribution in [0.25, 0.3) is 16.0 Å². The van der Waals surface area contributed by atoms with Gasteiger partial charge >= 0.3 is 0 Å². The Balaban J connectivity index is 1.47. The molecule has 1 fully saturated rings. The highest BCUT2D eigenvalue weighted by atomic mass is 32.1. The van der Waals surface area contributed by atoms with E-state index in [4.69, 9.17) is 9.72 Å². The summed E-state index contributed by atoms with van der Waals surface area (Å²) in [6.45, 7) is 3.62. The molecule has 1 aromatic carbocycles. The van der Waals surface area contributed by atoms with Gasteiger partial charge in [0.2, 0.25) is 5.91 Å². The van der Waals surface area contributed by atoms with Gasteiger partial charge in [-0.15, -0.1) is 0 Å². The van der Waals surface area contributed by atoms with Gasteiger partial charge in [-0.3, -0.25) is 4.79 Å². The van der Waals surface area contributed by atoms with Crippen molar-refractivity contribution >= 4 is 32.7 Å². The first-order valence-electron chi connectivity index (χ1n) is 9.13. The monoisotopic (exact) mass is 385 g/mol. The van der Waals surface area contributed by atoms with Gasteiger partial charge in [-0.05, 0) is 31.9 Å². The summed E-state index contributed by atoms with van der Waals surface area (Å²) in [7, 11) is 1.89. The summed E-state index contributed by atoms with van der Waals surface area (Å²) in [5.74, 6) is -0.0198. The molecule has 0 saturated carbocycles. The molecule has 0 aliphatic carbocycles. The number of amides is 1. The molecule has 142 valence electrons. The molecule has 1 atom stereocenters. The highest BCUT2D eigenvalue weighted by molar-refractivity contribution is 7.22. The van der Waals surface area contributed by atoms with Crippen molar-refractivity contribution in [2.45, 2.75) is 25.9 Å². The van der Waals surface area contributed by atoms with Crippen molar-refractivity contribution in [1.29, 1.82) is 0 Å². The van der Waals surface area contributed by atoms with Gasteiger partial charge < -0.3 is 15.0 Å². The zero-order valence-electron chi connectivity index (χ0n) is 15.5. The summed E-state index contributed by atoms with van der Waals surface area (Å²) in [6.07, 6.45) is 2.24. The standard InChI is InChI=1S/C19H23N5O2S/c1-13-17-18(24(22-13)14-7-4-3-5-8-14)21-19(27-17)23(2)12-16(25)20-11-15-9-6-10-26-15/h3-5,7-8,15H,6,9-12H2,1-2H3,(H,20,25)/t15-/m1/s1. The molecule has 0 bridgehead atoms. The summed E-state index contributed by atoms with van der Waals surface area (Å²) in [5.41, 5.74) is 2.74. The number of likely N-dealkylation sites (N-methyl/N-ethyl adjacent to an activating group) is 1. The SMILES string of the molecule is Cc1nn(-c2ccccc2)c2nc(N(C)CC(=O)NC[C@H]3CCCO3)sc12. The smallest absolute Gasteiger partial charge is 0.239 e. The first kappa shape index (κ1) is 17.9. The maximum absolute atomic E-state index is 12.2. The minimum absolute atomic E-state index is 0.0198. The largest absolute Gasteiger partial charge is 0.376 e. The van der Waals surface area contributed by atoms with Crippen LogP contribution >= 0.6 is 11.3 Å². The van der Waals surface area contributed by atoms with Gasteiger partial charge in [0.25, 0.3) is 0 Å². The number of carbonyl (C=O) groups excluding carboxylic acids is 1. The van der Waals surface area contributed by atoms with Gasteiger partial charge in [0, 0.05) is 20.2 Å². The van der Waals surface area contributed by atoms with E-state index in [9.17, 15) is 4.79 Å². The topological polar surface area (TPSA) is 72.3 Å². The summed E-state index contributed by atoms with van der Waals surface area (Å²) < 4.78 is 8.44. The third-order valence-electron chi connectivity index (χ3n) is 4.64. The average Bonchev–Trinajstić information content (AvgIpc) is 3.39. The molecule has 2 aromatic heterocycles. The number of carbonyl (C=O) groups is 1. The highest BCUT2D eigenvalue weighted by Crippen LogP contribution is 2.31. The lowest BCUT2D eigenvalue weighted by Crippen LogP contribution is -2.38. The highest BCUT2D eigenvalue weighted by Gasteiger charge is 2.20. The van der Waals surface area contributed by atoms with Crippen LogP contribution in [-0.2, 0) is 9.53 Å². The molecule has 1 N–H and O–H groups in total. The van der Waals surface area contributed by atoms with Gasteiger partial charge in [-0.2, -0.15) is 10.1 Å². The fourth-order valence-corrected chi connectivity index (χ4v) is 4.15. The third-order valence-corrected chi connectivity index (χ3v) is 5.90. The number of aryl methyl sites for hydroxylation is 1. The Labute approximate surface area is 162 Å². The molecule has 3 heterocycles. The summed E-state index contributed by atoms with van der Waals surface area (Å²) in [5, 5.41) is 8.37. The molecule has 1 amide bonds. The van der Waals surface area contributed by atoms with Gasteiger partial charge in [0.05, 0.1) is 28.7 Å². The lowest BCUT2D eigenvalue weighted by atomic mass is 10.2. The number of ether oxygens (including phenoxy) is 1. The van der Waals surface area contributed by atoms with Gasteiger partial charge in [0.1, 0.15) is 0 Å². The first-order valence-corrected chi connectivity index (χ1v) is 9.94. The molecule has 4 rings (SSSR count). The van der Waals surface area contributed by atoms with Crippen LogP contribution in [0.5, 0.6) is 0 Å². The van der Waals surface area contributed by atoms with E-state index in [0.29, 0.717) is 6.54 Å². The maximum Gasteiger partial charge on any atom is 0.239 e. The number of hydrogen-bond donors (Lipinski definition) is 1. The predicted molar refractivity (Wildman–Crippen MR) is 107 cm³/mol. The molecular weight excluding hydrogens is 362 g/mol. The average molecular weight is 385 g/mol. The van der Waals surface area contributed by atoms with E-state index in [1.807, 2.05) is 53.9 Å². The Morgan fingerprint density at radius 2 is 2.22 bits per heavy atom. The molecule has 8 heteroatoms. The number of benzene rings is 1. The van der Waals surface area contributed by atoms with Crippen LogP contribution in [0.15, 0.2) is 30.3 Å². The molecule has 1 saturated heterocycles. The van der Waals surface area contributed by atoms with Crippen LogP contribution in [0.3, 0.4) is 0 Å². The third kappa shape index (κ3) is 3.81. The zero-order chi connectivity index (χ0) is 18.8. The zero-order valence-corrected chi connectivity index (χ0v) is 16.3. The first-order chi connectivity index (χ1) is 13.1. The number of para-hydroxylation sites is 1. The summed E-state index contributed by atoms with van der Waals surface area (Å²) in [4.78, 5) is 18.9. The lowest BCUT2D eigenvalue weighted by molar-refractivity contribution is -0.120. The number of hydrogen-bond acceptors (Lipinski definition) is 6. The Morgan fingerprint density at radius 1 is 1.41 bits per heavy atom. The molecule has 7 nitrogen and oxygen atoms in total. The van der Waals surface area contributed by atoms with Crippen molar-refractivity contribution in [3.8, 4) is 5.69 Å². The molecule has 0 spiro atoms. The number of thiazole rings is 1. The second kappa shape index (κ2) is 7.66. The number of aromatic nitrogens is 3. The normalized spacial score (nSPS) is 16.7. The molecule has 0 unspecified atom stereocenters. The van der Waals surface area contributed by atoms with Crippen LogP contribution in [0.4, 0.5) is 5.13 Å². The second-order valence-corrected chi connectivity index (χ2v) is 7.75. The van der Waals surface area contributed by atoms with Gasteiger partial charge in [0.15, 0.2) is 10.8 Å². The minimum atomic E-state index is -0.0198. The number of nitrogens with one attached hydrogen (secondary N) is 1. The van der Waals surface area contributed by atoms with Crippen molar-refractivity contribution in [2.24, 2.45) is 0 Å². The van der Waals surface area contributed by atoms with Crippen LogP contribution in [-0.4, -0.2) is 53.5 Å². The van der Waals surface area contributed by atoms with Crippen LogP contribution in [0, 0.1) is 6.92 Å². The van der Waals surface area contributed by atoms with Crippen molar-refractivity contribution in [3.05, 3.63) is 36.0 Å². The van der Waals surface area contributed by atoms with E-state index >= 15 is 0 Å². The molecule has 3 aromatic rings. The Hall–Kier alpha value is -2.45. The maximum atomic E-state index is 12.2. The molecule has 1 aliphatic rings. The lowest BCUT2D eigenvalue weighted by Gasteiger charge is -2.16. The van der Waals surface area contributed by atoms with E-state index < -0.39 is 0 Å². The summed E-state index contributed by atoms with van der Waals surface area (Å²) in [6, 6.07) is 9.96. The van der Waals surface area contributed by atoms with Gasteiger partial charge in [-0.1, -0.05) is 29.5 Å². The Bertz CT molecular complexity index is 930. The van der Waals surface area contributed by atoms with E-state index in [0.717, 1.165) is 46.3 Å². The fourth-order valence-electron chi connectivity index (χ4n) is 3.21. The van der Waals surface area contributed by atoms with Gasteiger partial charge in [-0.25, -0.2) is 4.68 Å². The number of anilines is 1. The number of rotatable bonds is 6. The van der Waals surface area contributed by atoms with Crippen molar-refractivity contribution in [3.63, 3.8) is 0 Å². The van der Waals surface area contributed by atoms with Crippen LogP contribution in [0.1, 0.15) is 18.5 Å².